The van der Waals surface area contributed by atoms with E-state index < -0.39 is 0 Å². The molecule has 0 radical (unpaired) electrons. The minimum atomic E-state index is 1.14. The second-order valence-electron chi connectivity index (χ2n) is 5.24. The van der Waals surface area contributed by atoms with Crippen molar-refractivity contribution in [3.63, 3.8) is 0 Å². The number of hydrogen-bond acceptors (Lipinski definition) is 0. The van der Waals surface area contributed by atoms with Crippen molar-refractivity contribution in [2.75, 3.05) is 0 Å². The first-order chi connectivity index (χ1) is 10.8. The summed E-state index contributed by atoms with van der Waals surface area (Å²) < 4.78 is 0. The van der Waals surface area contributed by atoms with E-state index in [-0.39, 0.29) is 0 Å². The molecule has 3 aromatic rings. The zero-order valence-electron chi connectivity index (χ0n) is 12.5. The van der Waals surface area contributed by atoms with Crippen LogP contribution in [0.15, 0.2) is 86.0 Å². The summed E-state index contributed by atoms with van der Waals surface area (Å²) in [5.41, 5.74) is 7.11. The van der Waals surface area contributed by atoms with Crippen molar-refractivity contribution in [2.45, 2.75) is 0 Å². The summed E-state index contributed by atoms with van der Waals surface area (Å²) in [5.74, 6) is 0. The Morgan fingerprint density at radius 2 is 0.864 bits per heavy atom. The minimum Gasteiger partial charge on any atom is -0.0985 e. The minimum absolute atomic E-state index is 1.14. The van der Waals surface area contributed by atoms with Crippen LogP contribution in [0, 0.1) is 0 Å². The van der Waals surface area contributed by atoms with Crippen molar-refractivity contribution in [1.82, 2.24) is 0 Å². The van der Waals surface area contributed by atoms with Gasteiger partial charge in [0.2, 0.25) is 0 Å². The van der Waals surface area contributed by atoms with Crippen LogP contribution in [0.3, 0.4) is 0 Å². The van der Waals surface area contributed by atoms with Gasteiger partial charge in [0.1, 0.15) is 0 Å². The van der Waals surface area contributed by atoms with Gasteiger partial charge in [-0.15, -0.1) is 0 Å². The zero-order chi connectivity index (χ0) is 15.4. The molecule has 0 bridgehead atoms. The highest BCUT2D eigenvalue weighted by Gasteiger charge is 2.02. The van der Waals surface area contributed by atoms with Gasteiger partial charge in [0.15, 0.2) is 0 Å². The third kappa shape index (κ3) is 2.91. The van der Waals surface area contributed by atoms with Gasteiger partial charge < -0.3 is 0 Å². The molecule has 0 aliphatic carbocycles. The van der Waals surface area contributed by atoms with Gasteiger partial charge in [-0.05, 0) is 51.6 Å². The molecule has 106 valence electrons. The van der Waals surface area contributed by atoms with E-state index in [1.807, 2.05) is 12.2 Å². The molecule has 0 amide bonds. The first-order valence-corrected chi connectivity index (χ1v) is 7.36. The van der Waals surface area contributed by atoms with E-state index in [9.17, 15) is 0 Å². The second kappa shape index (κ2) is 6.28. The van der Waals surface area contributed by atoms with E-state index in [4.69, 9.17) is 0 Å². The number of rotatable bonds is 4. The first kappa shape index (κ1) is 14.1. The predicted octanol–water partition coefficient (Wildman–Crippen LogP) is 6.31. The normalized spacial score (nSPS) is 10.2. The third-order valence-electron chi connectivity index (χ3n) is 3.77. The molecule has 0 unspecified atom stereocenters. The third-order valence-corrected chi connectivity index (χ3v) is 3.77. The van der Waals surface area contributed by atoms with Crippen molar-refractivity contribution in [1.29, 1.82) is 0 Å². The summed E-state index contributed by atoms with van der Waals surface area (Å²) in [6.45, 7) is 7.68. The Morgan fingerprint density at radius 1 is 0.500 bits per heavy atom. The molecule has 0 nitrogen and oxygen atoms in total. The molecule has 0 N–H and O–H groups in total. The van der Waals surface area contributed by atoms with Crippen molar-refractivity contribution in [3.8, 4) is 22.3 Å². The van der Waals surface area contributed by atoms with Gasteiger partial charge in [-0.25, -0.2) is 0 Å². The van der Waals surface area contributed by atoms with Crippen molar-refractivity contribution in [2.24, 2.45) is 0 Å². The SMILES string of the molecule is C=Cc1cccc(-c2cccc(-c3cccc(C=C)c3)c2)c1. The van der Waals surface area contributed by atoms with Crippen LogP contribution < -0.4 is 0 Å². The van der Waals surface area contributed by atoms with Gasteiger partial charge in [0.05, 0.1) is 0 Å². The highest BCUT2D eigenvalue weighted by Crippen LogP contribution is 2.27. The fourth-order valence-electron chi connectivity index (χ4n) is 2.57. The maximum Gasteiger partial charge on any atom is -0.0178 e. The van der Waals surface area contributed by atoms with Gasteiger partial charge in [-0.2, -0.15) is 0 Å². The maximum atomic E-state index is 3.84. The molecular formula is C22H18. The summed E-state index contributed by atoms with van der Waals surface area (Å²) in [6.07, 6.45) is 3.75. The summed E-state index contributed by atoms with van der Waals surface area (Å²) in [5, 5.41) is 0. The summed E-state index contributed by atoms with van der Waals surface area (Å²) >= 11 is 0. The van der Waals surface area contributed by atoms with Gasteiger partial charge >= 0.3 is 0 Å². The highest BCUT2D eigenvalue weighted by atomic mass is 14.1. The smallest absolute Gasteiger partial charge is 0.0178 e. The summed E-state index contributed by atoms with van der Waals surface area (Å²) in [4.78, 5) is 0. The van der Waals surface area contributed by atoms with E-state index in [0.717, 1.165) is 11.1 Å². The van der Waals surface area contributed by atoms with Gasteiger partial charge in [-0.3, -0.25) is 0 Å². The molecule has 3 rings (SSSR count). The fourth-order valence-corrected chi connectivity index (χ4v) is 2.57. The Bertz CT molecular complexity index is 758. The fraction of sp³-hybridized carbons (Fsp3) is 0. The summed E-state index contributed by atoms with van der Waals surface area (Å²) in [7, 11) is 0. The molecule has 0 aromatic heterocycles. The van der Waals surface area contributed by atoms with Crippen LogP contribution in [-0.2, 0) is 0 Å². The van der Waals surface area contributed by atoms with E-state index in [0.29, 0.717) is 0 Å². The topological polar surface area (TPSA) is 0 Å². The lowest BCUT2D eigenvalue weighted by atomic mass is 9.97. The molecular weight excluding hydrogens is 264 g/mol. The number of benzene rings is 3. The Balaban J connectivity index is 2.05. The predicted molar refractivity (Wildman–Crippen MR) is 97.5 cm³/mol. The average Bonchev–Trinajstić information content (AvgIpc) is 2.62. The standard InChI is InChI=1S/C22H18/c1-3-17-8-5-10-19(14-17)21-12-7-13-22(16-21)20-11-6-9-18(4-2)15-20/h3-16H,1-2H2. The van der Waals surface area contributed by atoms with Crippen LogP contribution in [0.25, 0.3) is 34.4 Å². The highest BCUT2D eigenvalue weighted by molar-refractivity contribution is 5.75. The Labute approximate surface area is 132 Å². The molecule has 0 aliphatic heterocycles. The Morgan fingerprint density at radius 3 is 1.27 bits per heavy atom. The van der Waals surface area contributed by atoms with E-state index >= 15 is 0 Å². The van der Waals surface area contributed by atoms with Crippen molar-refractivity contribution in [3.05, 3.63) is 97.1 Å². The van der Waals surface area contributed by atoms with Crippen LogP contribution in [0.2, 0.25) is 0 Å². The van der Waals surface area contributed by atoms with Crippen LogP contribution in [0.1, 0.15) is 11.1 Å². The molecule has 3 aromatic carbocycles. The van der Waals surface area contributed by atoms with Crippen LogP contribution in [0.4, 0.5) is 0 Å². The van der Waals surface area contributed by atoms with Gasteiger partial charge in [0, 0.05) is 0 Å². The van der Waals surface area contributed by atoms with E-state index in [1.54, 1.807) is 0 Å². The lowest BCUT2D eigenvalue weighted by Crippen LogP contribution is -1.83. The van der Waals surface area contributed by atoms with E-state index in [2.05, 4.69) is 86.0 Å². The van der Waals surface area contributed by atoms with Crippen LogP contribution >= 0.6 is 0 Å². The maximum absolute atomic E-state index is 3.84. The molecule has 0 atom stereocenters. The molecule has 22 heavy (non-hydrogen) atoms. The van der Waals surface area contributed by atoms with Gasteiger partial charge in [-0.1, -0.05) is 79.9 Å². The molecule has 0 spiro atoms. The average molecular weight is 282 g/mol. The Kier molecular flexibility index (Phi) is 4.02. The molecule has 0 aliphatic rings. The number of hydrogen-bond donors (Lipinski definition) is 0. The lowest BCUT2D eigenvalue weighted by Gasteiger charge is -2.08. The Hall–Kier alpha value is -2.86. The molecule has 0 heteroatoms. The molecule has 0 saturated heterocycles. The van der Waals surface area contributed by atoms with Crippen molar-refractivity contribution < 1.29 is 0 Å². The lowest BCUT2D eigenvalue weighted by molar-refractivity contribution is 1.57. The molecule has 0 fully saturated rings. The second-order valence-corrected chi connectivity index (χ2v) is 5.24. The van der Waals surface area contributed by atoms with E-state index in [1.165, 1.54) is 22.3 Å². The molecule has 0 saturated carbocycles. The first-order valence-electron chi connectivity index (χ1n) is 7.36. The van der Waals surface area contributed by atoms with Crippen LogP contribution in [0.5, 0.6) is 0 Å². The summed E-state index contributed by atoms with van der Waals surface area (Å²) in [6, 6.07) is 25.5. The zero-order valence-corrected chi connectivity index (χ0v) is 12.5. The van der Waals surface area contributed by atoms with Gasteiger partial charge in [0.25, 0.3) is 0 Å². The van der Waals surface area contributed by atoms with Crippen molar-refractivity contribution >= 4 is 12.2 Å². The molecule has 0 heterocycles. The quantitative estimate of drug-likeness (QED) is 0.526. The monoisotopic (exact) mass is 282 g/mol. The largest absolute Gasteiger partial charge is 0.0985 e. The van der Waals surface area contributed by atoms with Crippen LogP contribution in [-0.4, -0.2) is 0 Å².